The van der Waals surface area contributed by atoms with E-state index in [0.717, 1.165) is 6.42 Å². The molecule has 0 aromatic carbocycles. The first-order valence-corrected chi connectivity index (χ1v) is 2.86. The Bertz CT molecular complexity index is 170. The lowest BCUT2D eigenvalue weighted by Crippen LogP contribution is -1.80. The van der Waals surface area contributed by atoms with E-state index in [1.165, 1.54) is 0 Å². The first-order chi connectivity index (χ1) is 4.31. The van der Waals surface area contributed by atoms with Crippen LogP contribution >= 0.6 is 0 Å². The fourth-order valence-corrected chi connectivity index (χ4v) is 0.326. The number of hydrogen-bond acceptors (Lipinski definition) is 0. The molecule has 0 aliphatic heterocycles. The van der Waals surface area contributed by atoms with Crippen molar-refractivity contribution in [2.24, 2.45) is 5.92 Å². The van der Waals surface area contributed by atoms with Crippen LogP contribution in [0.2, 0.25) is 0 Å². The summed E-state index contributed by atoms with van der Waals surface area (Å²) < 4.78 is 0. The van der Waals surface area contributed by atoms with Gasteiger partial charge < -0.3 is 0 Å². The van der Waals surface area contributed by atoms with E-state index in [-0.39, 0.29) is 5.92 Å². The summed E-state index contributed by atoms with van der Waals surface area (Å²) in [6, 6.07) is 0. The van der Waals surface area contributed by atoms with E-state index in [2.05, 4.69) is 24.3 Å². The van der Waals surface area contributed by atoms with Gasteiger partial charge in [-0.2, -0.15) is 0 Å². The summed E-state index contributed by atoms with van der Waals surface area (Å²) in [4.78, 5) is 0. The number of hydrogen-bond donors (Lipinski definition) is 0. The third-order valence-corrected chi connectivity index (χ3v) is 0.815. The van der Waals surface area contributed by atoms with Gasteiger partial charge in [-0.1, -0.05) is 23.8 Å². The van der Waals surface area contributed by atoms with Crippen molar-refractivity contribution in [2.45, 2.75) is 13.3 Å². The molecule has 0 aliphatic carbocycles. The molecule has 46 valence electrons. The highest BCUT2D eigenvalue weighted by molar-refractivity contribution is 5.14. The van der Waals surface area contributed by atoms with Crippen LogP contribution in [0, 0.1) is 30.1 Å². The van der Waals surface area contributed by atoms with E-state index in [4.69, 9.17) is 6.42 Å². The van der Waals surface area contributed by atoms with Gasteiger partial charge in [-0.3, -0.25) is 0 Å². The highest BCUT2D eigenvalue weighted by atomic mass is 13.8. The van der Waals surface area contributed by atoms with Crippen molar-refractivity contribution in [3.05, 3.63) is 12.7 Å². The predicted molar refractivity (Wildman–Crippen MR) is 40.6 cm³/mol. The lowest BCUT2D eigenvalue weighted by Gasteiger charge is -1.84. The predicted octanol–water partition coefficient (Wildman–Crippen LogP) is 1.84. The molecule has 0 fully saturated rings. The van der Waals surface area contributed by atoms with Crippen molar-refractivity contribution in [1.82, 2.24) is 0 Å². The first kappa shape index (κ1) is 7.86. The van der Waals surface area contributed by atoms with Gasteiger partial charge in [0.05, 0.1) is 5.92 Å². The molecule has 0 amide bonds. The third-order valence-electron chi connectivity index (χ3n) is 0.815. The summed E-state index contributed by atoms with van der Waals surface area (Å²) in [6.07, 6.45) is 7.56. The van der Waals surface area contributed by atoms with Crippen molar-refractivity contribution in [3.63, 3.8) is 0 Å². The summed E-state index contributed by atoms with van der Waals surface area (Å²) >= 11 is 0. The van der Waals surface area contributed by atoms with Crippen molar-refractivity contribution in [1.29, 1.82) is 0 Å². The van der Waals surface area contributed by atoms with Crippen LogP contribution in [-0.2, 0) is 0 Å². The summed E-state index contributed by atoms with van der Waals surface area (Å²) in [5.74, 6) is 8.34. The standard InChI is InChI=1S/C9H10/c1-4-6-7-8-9(3)5-2/h2,4,9H,1,6H2,3H3. The molecule has 0 aliphatic rings. The molecule has 0 saturated heterocycles. The molecule has 0 aromatic heterocycles. The van der Waals surface area contributed by atoms with Crippen LogP contribution in [0.4, 0.5) is 0 Å². The van der Waals surface area contributed by atoms with Crippen LogP contribution in [0.1, 0.15) is 13.3 Å². The van der Waals surface area contributed by atoms with Gasteiger partial charge in [0.25, 0.3) is 0 Å². The Morgan fingerprint density at radius 2 is 2.44 bits per heavy atom. The fraction of sp³-hybridized carbons (Fsp3) is 0.333. The van der Waals surface area contributed by atoms with E-state index >= 15 is 0 Å². The van der Waals surface area contributed by atoms with Crippen LogP contribution in [0.3, 0.4) is 0 Å². The molecule has 1 atom stereocenters. The van der Waals surface area contributed by atoms with Crippen molar-refractivity contribution in [3.8, 4) is 24.2 Å². The summed E-state index contributed by atoms with van der Waals surface area (Å²) in [7, 11) is 0. The Hall–Kier alpha value is -1.14. The average molecular weight is 118 g/mol. The minimum atomic E-state index is 0.0740. The second-order valence-electron chi connectivity index (χ2n) is 1.70. The third kappa shape index (κ3) is 4.72. The summed E-state index contributed by atoms with van der Waals surface area (Å²) in [6.45, 7) is 5.43. The van der Waals surface area contributed by atoms with Gasteiger partial charge in [-0.15, -0.1) is 13.0 Å². The van der Waals surface area contributed by atoms with E-state index < -0.39 is 0 Å². The molecule has 0 rings (SSSR count). The molecule has 9 heavy (non-hydrogen) atoms. The van der Waals surface area contributed by atoms with Gasteiger partial charge >= 0.3 is 0 Å². The van der Waals surface area contributed by atoms with Crippen LogP contribution in [-0.4, -0.2) is 0 Å². The van der Waals surface area contributed by atoms with Crippen molar-refractivity contribution < 1.29 is 0 Å². The normalized spacial score (nSPS) is 10.2. The quantitative estimate of drug-likeness (QED) is 0.364. The van der Waals surface area contributed by atoms with E-state index in [1.807, 2.05) is 6.92 Å². The Morgan fingerprint density at radius 1 is 1.78 bits per heavy atom. The second kappa shape index (κ2) is 5.01. The zero-order valence-corrected chi connectivity index (χ0v) is 5.65. The Kier molecular flexibility index (Phi) is 4.37. The zero-order chi connectivity index (χ0) is 7.11. The van der Waals surface area contributed by atoms with Gasteiger partial charge in [0.1, 0.15) is 0 Å². The van der Waals surface area contributed by atoms with Crippen molar-refractivity contribution >= 4 is 0 Å². The highest BCUT2D eigenvalue weighted by Crippen LogP contribution is 1.86. The number of terminal acetylenes is 1. The SMILES string of the molecule is C#CC(C)C#CCC=C. The van der Waals surface area contributed by atoms with Gasteiger partial charge in [-0.25, -0.2) is 0 Å². The Balaban J connectivity index is 3.61. The topological polar surface area (TPSA) is 0 Å². The number of allylic oxidation sites excluding steroid dienone is 1. The molecule has 0 heterocycles. The van der Waals surface area contributed by atoms with E-state index in [1.54, 1.807) is 6.08 Å². The molecule has 1 unspecified atom stereocenters. The van der Waals surface area contributed by atoms with Crippen LogP contribution in [0.5, 0.6) is 0 Å². The molecule has 0 bridgehead atoms. The fourth-order valence-electron chi connectivity index (χ4n) is 0.326. The molecular weight excluding hydrogens is 108 g/mol. The average Bonchev–Trinajstić information content (AvgIpc) is 1.89. The molecule has 0 heteroatoms. The monoisotopic (exact) mass is 118 g/mol. The Labute approximate surface area is 57.0 Å². The first-order valence-electron chi connectivity index (χ1n) is 2.86. The lowest BCUT2D eigenvalue weighted by atomic mass is 10.2. The smallest absolute Gasteiger partial charge is 0.0780 e. The lowest BCUT2D eigenvalue weighted by molar-refractivity contribution is 1.02. The minimum absolute atomic E-state index is 0.0740. The van der Waals surface area contributed by atoms with Crippen LogP contribution in [0.25, 0.3) is 0 Å². The summed E-state index contributed by atoms with van der Waals surface area (Å²) in [5, 5.41) is 0. The maximum atomic E-state index is 5.08. The van der Waals surface area contributed by atoms with Gasteiger partial charge in [-0.05, 0) is 6.92 Å². The molecule has 0 saturated carbocycles. The molecule has 0 N–H and O–H groups in total. The number of rotatable bonds is 1. The highest BCUT2D eigenvalue weighted by Gasteiger charge is 1.82. The van der Waals surface area contributed by atoms with E-state index in [9.17, 15) is 0 Å². The van der Waals surface area contributed by atoms with Gasteiger partial charge in [0.2, 0.25) is 0 Å². The molecule has 0 nitrogen and oxygen atoms in total. The van der Waals surface area contributed by atoms with Gasteiger partial charge in [0, 0.05) is 6.42 Å². The van der Waals surface area contributed by atoms with E-state index in [0.29, 0.717) is 0 Å². The molecule has 0 aromatic rings. The Morgan fingerprint density at radius 3 is 2.89 bits per heavy atom. The van der Waals surface area contributed by atoms with Crippen molar-refractivity contribution in [2.75, 3.05) is 0 Å². The molecule has 0 spiro atoms. The zero-order valence-electron chi connectivity index (χ0n) is 5.65. The maximum Gasteiger partial charge on any atom is 0.0780 e. The maximum absolute atomic E-state index is 5.08. The van der Waals surface area contributed by atoms with Crippen LogP contribution < -0.4 is 0 Å². The molecular formula is C9H10. The van der Waals surface area contributed by atoms with Gasteiger partial charge in [0.15, 0.2) is 0 Å². The molecule has 0 radical (unpaired) electrons. The largest absolute Gasteiger partial charge is 0.119 e. The minimum Gasteiger partial charge on any atom is -0.119 e. The summed E-state index contributed by atoms with van der Waals surface area (Å²) in [5.41, 5.74) is 0. The second-order valence-corrected chi connectivity index (χ2v) is 1.70. The van der Waals surface area contributed by atoms with Crippen LogP contribution in [0.15, 0.2) is 12.7 Å².